The fourth-order valence-electron chi connectivity index (χ4n) is 4.15. The highest BCUT2D eigenvalue weighted by molar-refractivity contribution is 6.27. The highest BCUT2D eigenvalue weighted by atomic mass is 16.5. The Hall–Kier alpha value is -4.04. The second-order valence-electron chi connectivity index (χ2n) is 8.56. The van der Waals surface area contributed by atoms with Crippen molar-refractivity contribution in [1.29, 1.82) is 0 Å². The van der Waals surface area contributed by atoms with E-state index in [1.807, 2.05) is 12.1 Å². The van der Waals surface area contributed by atoms with Crippen molar-refractivity contribution < 1.29 is 29.3 Å². The molecule has 8 nitrogen and oxygen atoms in total. The van der Waals surface area contributed by atoms with E-state index in [4.69, 9.17) is 29.3 Å². The second kappa shape index (κ2) is 14.5. The number of piperazine rings is 1. The molecule has 1 heterocycles. The number of carboxylic acids is 2. The van der Waals surface area contributed by atoms with Gasteiger partial charge in [-0.25, -0.2) is 9.59 Å². The maximum absolute atomic E-state index is 9.10. The van der Waals surface area contributed by atoms with Crippen LogP contribution in [0.4, 0.5) is 5.69 Å². The first kappa shape index (κ1) is 27.5. The van der Waals surface area contributed by atoms with Crippen molar-refractivity contribution in [3.8, 4) is 11.5 Å². The van der Waals surface area contributed by atoms with Gasteiger partial charge in [-0.1, -0.05) is 60.7 Å². The molecule has 1 saturated heterocycles. The number of carbonyl (C=O) groups is 2. The average molecular weight is 507 g/mol. The van der Waals surface area contributed by atoms with Crippen LogP contribution in [0.5, 0.6) is 11.5 Å². The summed E-state index contributed by atoms with van der Waals surface area (Å²) < 4.78 is 11.8. The molecule has 1 aliphatic rings. The summed E-state index contributed by atoms with van der Waals surface area (Å²) in [7, 11) is 1.71. The summed E-state index contributed by atoms with van der Waals surface area (Å²) in [5.74, 6) is -1.94. The third-order valence-corrected chi connectivity index (χ3v) is 6.13. The molecule has 3 aromatic carbocycles. The third-order valence-electron chi connectivity index (χ3n) is 6.13. The molecule has 0 unspecified atom stereocenters. The molecule has 37 heavy (non-hydrogen) atoms. The predicted octanol–water partition coefficient (Wildman–Crippen LogP) is 3.84. The first-order valence-corrected chi connectivity index (χ1v) is 12.3. The van der Waals surface area contributed by atoms with Gasteiger partial charge < -0.3 is 24.6 Å². The fourth-order valence-corrected chi connectivity index (χ4v) is 4.15. The van der Waals surface area contributed by atoms with Crippen molar-refractivity contribution in [2.75, 3.05) is 51.3 Å². The number of methoxy groups -OCH3 is 1. The quantitative estimate of drug-likeness (QED) is 0.423. The Bertz CT molecular complexity index is 1100. The van der Waals surface area contributed by atoms with E-state index in [1.165, 1.54) is 16.8 Å². The van der Waals surface area contributed by atoms with Crippen LogP contribution in [0.1, 0.15) is 11.1 Å². The lowest BCUT2D eigenvalue weighted by molar-refractivity contribution is -0.159. The van der Waals surface area contributed by atoms with Gasteiger partial charge >= 0.3 is 11.9 Å². The number of ether oxygens (including phenoxy) is 2. The van der Waals surface area contributed by atoms with E-state index < -0.39 is 11.9 Å². The molecule has 0 atom stereocenters. The summed E-state index contributed by atoms with van der Waals surface area (Å²) >= 11 is 0. The Morgan fingerprint density at radius 3 is 2.00 bits per heavy atom. The third kappa shape index (κ3) is 8.84. The Morgan fingerprint density at radius 1 is 0.784 bits per heavy atom. The largest absolute Gasteiger partial charge is 0.493 e. The first-order valence-electron chi connectivity index (χ1n) is 12.3. The van der Waals surface area contributed by atoms with E-state index in [-0.39, 0.29) is 0 Å². The minimum Gasteiger partial charge on any atom is -0.493 e. The zero-order valence-corrected chi connectivity index (χ0v) is 21.1. The SMILES string of the molecule is COc1cccc(CCN2CCN(c3ccccc3)CC2)c1OCCc1ccccc1.O=C(O)C(=O)O. The van der Waals surface area contributed by atoms with Gasteiger partial charge in [0, 0.05) is 44.8 Å². The van der Waals surface area contributed by atoms with Crippen molar-refractivity contribution in [2.24, 2.45) is 0 Å². The van der Waals surface area contributed by atoms with Crippen molar-refractivity contribution in [1.82, 2.24) is 4.90 Å². The summed E-state index contributed by atoms with van der Waals surface area (Å²) in [5.41, 5.74) is 3.83. The van der Waals surface area contributed by atoms with Crippen molar-refractivity contribution in [3.05, 3.63) is 90.0 Å². The first-order chi connectivity index (χ1) is 18.0. The monoisotopic (exact) mass is 506 g/mol. The molecule has 0 amide bonds. The highest BCUT2D eigenvalue weighted by Gasteiger charge is 2.18. The van der Waals surface area contributed by atoms with Gasteiger partial charge in [0.15, 0.2) is 11.5 Å². The van der Waals surface area contributed by atoms with E-state index in [0.29, 0.717) is 6.61 Å². The minimum absolute atomic E-state index is 0.646. The summed E-state index contributed by atoms with van der Waals surface area (Å²) in [5, 5.41) is 14.8. The number of hydrogen-bond donors (Lipinski definition) is 2. The van der Waals surface area contributed by atoms with Crippen LogP contribution in [0, 0.1) is 0 Å². The molecule has 4 rings (SSSR count). The Kier molecular flexibility index (Phi) is 10.8. The van der Waals surface area contributed by atoms with Gasteiger partial charge in [0.05, 0.1) is 13.7 Å². The molecule has 2 N–H and O–H groups in total. The van der Waals surface area contributed by atoms with Crippen LogP contribution in [-0.4, -0.2) is 73.5 Å². The van der Waals surface area contributed by atoms with Crippen LogP contribution in [0.15, 0.2) is 78.9 Å². The van der Waals surface area contributed by atoms with E-state index in [9.17, 15) is 0 Å². The van der Waals surface area contributed by atoms with E-state index in [0.717, 1.165) is 57.1 Å². The highest BCUT2D eigenvalue weighted by Crippen LogP contribution is 2.32. The Labute approximate surface area is 217 Å². The maximum Gasteiger partial charge on any atom is 0.414 e. The second-order valence-corrected chi connectivity index (χ2v) is 8.56. The van der Waals surface area contributed by atoms with E-state index in [1.54, 1.807) is 7.11 Å². The molecule has 0 aromatic heterocycles. The molecule has 0 radical (unpaired) electrons. The lowest BCUT2D eigenvalue weighted by Crippen LogP contribution is -2.47. The smallest absolute Gasteiger partial charge is 0.414 e. The van der Waals surface area contributed by atoms with Gasteiger partial charge in [0.25, 0.3) is 0 Å². The molecular weight excluding hydrogens is 472 g/mol. The average Bonchev–Trinajstić information content (AvgIpc) is 2.94. The van der Waals surface area contributed by atoms with Crippen LogP contribution in [0.25, 0.3) is 0 Å². The summed E-state index contributed by atoms with van der Waals surface area (Å²) in [4.78, 5) is 23.2. The lowest BCUT2D eigenvalue weighted by atomic mass is 10.1. The van der Waals surface area contributed by atoms with Gasteiger partial charge in [-0.2, -0.15) is 0 Å². The maximum atomic E-state index is 9.10. The normalized spacial score (nSPS) is 13.3. The van der Waals surface area contributed by atoms with E-state index >= 15 is 0 Å². The van der Waals surface area contributed by atoms with Gasteiger partial charge in [0.2, 0.25) is 0 Å². The van der Waals surface area contributed by atoms with Gasteiger partial charge in [-0.05, 0) is 35.7 Å². The summed E-state index contributed by atoms with van der Waals surface area (Å²) in [6.07, 6.45) is 1.85. The number of carboxylic acid groups (broad SMARTS) is 2. The topological polar surface area (TPSA) is 99.5 Å². The molecule has 3 aromatic rings. The van der Waals surface area contributed by atoms with Crippen LogP contribution in [0.2, 0.25) is 0 Å². The van der Waals surface area contributed by atoms with Gasteiger partial charge in [0.1, 0.15) is 0 Å². The van der Waals surface area contributed by atoms with Gasteiger partial charge in [-0.3, -0.25) is 4.90 Å². The lowest BCUT2D eigenvalue weighted by Gasteiger charge is -2.36. The van der Waals surface area contributed by atoms with Gasteiger partial charge in [-0.15, -0.1) is 0 Å². The zero-order valence-electron chi connectivity index (χ0n) is 21.1. The van der Waals surface area contributed by atoms with Crippen molar-refractivity contribution in [2.45, 2.75) is 12.8 Å². The molecule has 0 spiro atoms. The molecule has 0 saturated carbocycles. The summed E-state index contributed by atoms with van der Waals surface area (Å²) in [6.45, 7) is 6.00. The zero-order chi connectivity index (χ0) is 26.5. The molecular formula is C29H34N2O6. The van der Waals surface area contributed by atoms with Crippen LogP contribution >= 0.6 is 0 Å². The fraction of sp³-hybridized carbons (Fsp3) is 0.310. The number of benzene rings is 3. The predicted molar refractivity (Wildman–Crippen MR) is 143 cm³/mol. The molecule has 8 heteroatoms. The number of anilines is 1. The number of hydrogen-bond acceptors (Lipinski definition) is 6. The molecule has 1 aliphatic heterocycles. The Balaban J connectivity index is 0.000000568. The van der Waals surface area contributed by atoms with Crippen LogP contribution in [-0.2, 0) is 22.4 Å². The number of para-hydroxylation sites is 2. The number of nitrogens with zero attached hydrogens (tertiary/aromatic N) is 2. The molecule has 0 bridgehead atoms. The van der Waals surface area contributed by atoms with Crippen LogP contribution in [0.3, 0.4) is 0 Å². The Morgan fingerprint density at radius 2 is 1.41 bits per heavy atom. The summed E-state index contributed by atoms with van der Waals surface area (Å²) in [6, 6.07) is 27.4. The minimum atomic E-state index is -1.82. The molecule has 1 fully saturated rings. The van der Waals surface area contributed by atoms with Crippen molar-refractivity contribution in [3.63, 3.8) is 0 Å². The number of aliphatic carboxylic acids is 2. The van der Waals surface area contributed by atoms with Crippen LogP contribution < -0.4 is 14.4 Å². The van der Waals surface area contributed by atoms with E-state index in [2.05, 4.69) is 76.5 Å². The molecule has 0 aliphatic carbocycles. The standard InChI is InChI=1S/C27H32N2O2.C2H2O4/c1-30-26-14-8-11-24(27(26)31-22-16-23-9-4-2-5-10-23)15-17-28-18-20-29(21-19-28)25-12-6-3-7-13-25;3-1(4)2(5)6/h2-14H,15-22H2,1H3;(H,3,4)(H,5,6). The molecule has 196 valence electrons. The number of rotatable bonds is 9. The van der Waals surface area contributed by atoms with Crippen molar-refractivity contribution >= 4 is 17.6 Å².